The lowest BCUT2D eigenvalue weighted by Crippen LogP contribution is -2.22. The molecule has 0 saturated heterocycles. The van der Waals surface area contributed by atoms with E-state index in [1.54, 1.807) is 0 Å². The molecule has 1 fully saturated rings. The fourth-order valence-electron chi connectivity index (χ4n) is 2.71. The Labute approximate surface area is 136 Å². The fourth-order valence-corrected chi connectivity index (χ4v) is 4.32. The monoisotopic (exact) mass is 319 g/mol. The lowest BCUT2D eigenvalue weighted by Gasteiger charge is -2.16. The van der Waals surface area contributed by atoms with Crippen molar-refractivity contribution in [3.05, 3.63) is 45.8 Å². The quantitative estimate of drug-likeness (QED) is 0.706. The fraction of sp³-hybridized carbons (Fsp3) is 0.444. The summed E-state index contributed by atoms with van der Waals surface area (Å²) in [5, 5.41) is 4.57. The summed E-state index contributed by atoms with van der Waals surface area (Å²) in [4.78, 5) is 2.73. The van der Waals surface area contributed by atoms with Gasteiger partial charge in [-0.1, -0.05) is 30.7 Å². The van der Waals surface area contributed by atoms with Gasteiger partial charge in [0.1, 0.15) is 0 Å². The molecule has 0 aliphatic heterocycles. The van der Waals surface area contributed by atoms with Crippen LogP contribution in [-0.4, -0.2) is 6.54 Å². The molecule has 1 aromatic heterocycles. The highest BCUT2D eigenvalue weighted by Crippen LogP contribution is 2.45. The normalized spacial score (nSPS) is 16.1. The number of hydrogen-bond acceptors (Lipinski definition) is 2. The van der Waals surface area contributed by atoms with Crippen LogP contribution in [0.2, 0.25) is 5.02 Å². The SMILES string of the molecule is CCCNC(c1ccc(-c2ccc(C)cc2Cl)s1)C1CC1. The molecule has 3 rings (SSSR count). The van der Waals surface area contributed by atoms with Crippen molar-refractivity contribution in [1.29, 1.82) is 0 Å². The average molecular weight is 320 g/mol. The molecule has 1 N–H and O–H groups in total. The number of benzene rings is 1. The second-order valence-electron chi connectivity index (χ2n) is 5.95. The maximum absolute atomic E-state index is 6.40. The minimum absolute atomic E-state index is 0.535. The number of hydrogen-bond donors (Lipinski definition) is 1. The summed E-state index contributed by atoms with van der Waals surface area (Å²) >= 11 is 8.29. The topological polar surface area (TPSA) is 12.0 Å². The Morgan fingerprint density at radius 1 is 1.29 bits per heavy atom. The van der Waals surface area contributed by atoms with E-state index in [1.807, 2.05) is 17.4 Å². The zero-order valence-electron chi connectivity index (χ0n) is 12.7. The van der Waals surface area contributed by atoms with Crippen LogP contribution in [0.5, 0.6) is 0 Å². The Hall–Kier alpha value is -0.830. The molecule has 112 valence electrons. The van der Waals surface area contributed by atoms with Crippen molar-refractivity contribution in [3.8, 4) is 10.4 Å². The summed E-state index contributed by atoms with van der Waals surface area (Å²) < 4.78 is 0. The Balaban J connectivity index is 1.84. The van der Waals surface area contributed by atoms with E-state index in [4.69, 9.17) is 11.6 Å². The molecule has 0 spiro atoms. The summed E-state index contributed by atoms with van der Waals surface area (Å²) in [6.07, 6.45) is 3.91. The van der Waals surface area contributed by atoms with Crippen LogP contribution in [0.3, 0.4) is 0 Å². The first-order chi connectivity index (χ1) is 10.2. The van der Waals surface area contributed by atoms with Gasteiger partial charge in [-0.25, -0.2) is 0 Å². The molecule has 21 heavy (non-hydrogen) atoms. The smallest absolute Gasteiger partial charge is 0.0495 e. The van der Waals surface area contributed by atoms with Crippen LogP contribution >= 0.6 is 22.9 Å². The van der Waals surface area contributed by atoms with E-state index >= 15 is 0 Å². The van der Waals surface area contributed by atoms with Crippen molar-refractivity contribution in [2.24, 2.45) is 5.92 Å². The standard InChI is InChI=1S/C18H22ClNS/c1-3-10-20-18(13-5-6-13)17-9-8-16(21-17)14-7-4-12(2)11-15(14)19/h4,7-9,11,13,18,20H,3,5-6,10H2,1-2H3. The average Bonchev–Trinajstić information content (AvgIpc) is 3.18. The third kappa shape index (κ3) is 3.50. The summed E-state index contributed by atoms with van der Waals surface area (Å²) in [5.74, 6) is 0.830. The van der Waals surface area contributed by atoms with Crippen molar-refractivity contribution in [3.63, 3.8) is 0 Å². The highest BCUT2D eigenvalue weighted by Gasteiger charge is 2.32. The molecule has 1 atom stereocenters. The van der Waals surface area contributed by atoms with Crippen molar-refractivity contribution >= 4 is 22.9 Å². The Morgan fingerprint density at radius 2 is 2.10 bits per heavy atom. The molecule has 0 radical (unpaired) electrons. The maximum atomic E-state index is 6.40. The third-order valence-electron chi connectivity index (χ3n) is 4.03. The third-order valence-corrected chi connectivity index (χ3v) is 5.55. The predicted octanol–water partition coefficient (Wildman–Crippen LogP) is 5.83. The van der Waals surface area contributed by atoms with Crippen molar-refractivity contribution < 1.29 is 0 Å². The van der Waals surface area contributed by atoms with Gasteiger partial charge in [0, 0.05) is 26.4 Å². The van der Waals surface area contributed by atoms with Gasteiger partial charge < -0.3 is 5.32 Å². The first-order valence-corrected chi connectivity index (χ1v) is 8.98. The van der Waals surface area contributed by atoms with Crippen LogP contribution in [-0.2, 0) is 0 Å². The van der Waals surface area contributed by atoms with E-state index < -0.39 is 0 Å². The van der Waals surface area contributed by atoms with Crippen molar-refractivity contribution in [2.75, 3.05) is 6.54 Å². The van der Waals surface area contributed by atoms with E-state index in [0.717, 1.165) is 23.0 Å². The molecule has 1 unspecified atom stereocenters. The van der Waals surface area contributed by atoms with Crippen LogP contribution in [0.15, 0.2) is 30.3 Å². The van der Waals surface area contributed by atoms with Gasteiger partial charge in [0.25, 0.3) is 0 Å². The van der Waals surface area contributed by atoms with Crippen LogP contribution < -0.4 is 5.32 Å². The molecule has 2 aromatic rings. The van der Waals surface area contributed by atoms with E-state index in [0.29, 0.717) is 6.04 Å². The number of rotatable bonds is 6. The summed E-state index contributed by atoms with van der Waals surface area (Å²) in [5.41, 5.74) is 2.37. The van der Waals surface area contributed by atoms with E-state index in [9.17, 15) is 0 Å². The van der Waals surface area contributed by atoms with Gasteiger partial charge in [0.2, 0.25) is 0 Å². The maximum Gasteiger partial charge on any atom is 0.0495 e. The largest absolute Gasteiger partial charge is 0.309 e. The van der Waals surface area contributed by atoms with Crippen LogP contribution in [0.25, 0.3) is 10.4 Å². The molecule has 1 aliphatic rings. The van der Waals surface area contributed by atoms with Gasteiger partial charge in [-0.3, -0.25) is 0 Å². The van der Waals surface area contributed by atoms with E-state index in [1.165, 1.54) is 34.6 Å². The second kappa shape index (κ2) is 6.51. The highest BCUT2D eigenvalue weighted by molar-refractivity contribution is 7.15. The van der Waals surface area contributed by atoms with Gasteiger partial charge in [-0.2, -0.15) is 0 Å². The summed E-state index contributed by atoms with van der Waals surface area (Å²) in [7, 11) is 0. The van der Waals surface area contributed by atoms with Crippen molar-refractivity contribution in [1.82, 2.24) is 5.32 Å². The molecule has 1 aliphatic carbocycles. The lowest BCUT2D eigenvalue weighted by molar-refractivity contribution is 0.488. The molecule has 1 aromatic carbocycles. The molecular weight excluding hydrogens is 298 g/mol. The van der Waals surface area contributed by atoms with Crippen molar-refractivity contribution in [2.45, 2.75) is 39.2 Å². The minimum atomic E-state index is 0.535. The number of halogens is 1. The van der Waals surface area contributed by atoms with Crippen LogP contribution in [0, 0.1) is 12.8 Å². The predicted molar refractivity (Wildman–Crippen MR) is 93.3 cm³/mol. The molecule has 3 heteroatoms. The molecular formula is C18H22ClNS. The Bertz CT molecular complexity index is 615. The van der Waals surface area contributed by atoms with Crippen LogP contribution in [0.1, 0.15) is 42.7 Å². The van der Waals surface area contributed by atoms with Gasteiger partial charge in [-0.15, -0.1) is 11.3 Å². The number of nitrogens with one attached hydrogen (secondary N) is 1. The Morgan fingerprint density at radius 3 is 2.76 bits per heavy atom. The zero-order valence-corrected chi connectivity index (χ0v) is 14.2. The van der Waals surface area contributed by atoms with E-state index in [2.05, 4.69) is 43.4 Å². The Kier molecular flexibility index (Phi) is 4.68. The molecule has 1 nitrogen and oxygen atoms in total. The summed E-state index contributed by atoms with van der Waals surface area (Å²) in [6.45, 7) is 5.40. The lowest BCUT2D eigenvalue weighted by atomic mass is 10.1. The second-order valence-corrected chi connectivity index (χ2v) is 7.48. The van der Waals surface area contributed by atoms with Gasteiger partial charge in [0.05, 0.1) is 0 Å². The molecule has 1 heterocycles. The zero-order chi connectivity index (χ0) is 14.8. The number of thiophene rings is 1. The first kappa shape index (κ1) is 15.1. The van der Waals surface area contributed by atoms with Gasteiger partial charge in [-0.05, 0) is 62.4 Å². The first-order valence-electron chi connectivity index (χ1n) is 7.78. The van der Waals surface area contributed by atoms with Crippen LogP contribution in [0.4, 0.5) is 0 Å². The summed E-state index contributed by atoms with van der Waals surface area (Å²) in [6, 6.07) is 11.4. The minimum Gasteiger partial charge on any atom is -0.309 e. The van der Waals surface area contributed by atoms with Gasteiger partial charge >= 0.3 is 0 Å². The molecule has 1 saturated carbocycles. The van der Waals surface area contributed by atoms with Gasteiger partial charge in [0.15, 0.2) is 0 Å². The molecule has 0 bridgehead atoms. The highest BCUT2D eigenvalue weighted by atomic mass is 35.5. The number of aryl methyl sites for hydroxylation is 1. The molecule has 0 amide bonds. The van der Waals surface area contributed by atoms with E-state index in [-0.39, 0.29) is 0 Å².